The Bertz CT molecular complexity index is 339. The number of hydrogen-bond donors (Lipinski definition) is 1. The number of ether oxygens (including phenoxy) is 1. The maximum atomic E-state index is 12.9. The van der Waals surface area contributed by atoms with Crippen molar-refractivity contribution in [2.24, 2.45) is 0 Å². The number of aliphatic hydroxyl groups is 1. The maximum Gasteiger partial charge on any atom is 0.127 e. The first-order valence-electron chi connectivity index (χ1n) is 3.98. The maximum absolute atomic E-state index is 12.9. The van der Waals surface area contributed by atoms with Crippen LogP contribution in [0.2, 0.25) is 0 Å². The highest BCUT2D eigenvalue weighted by Crippen LogP contribution is 2.17. The van der Waals surface area contributed by atoms with E-state index in [9.17, 15) is 4.39 Å². The molecule has 0 aromatic heterocycles. The molecule has 0 aliphatic rings. The van der Waals surface area contributed by atoms with Gasteiger partial charge in [0.25, 0.3) is 0 Å². The second kappa shape index (κ2) is 5.12. The minimum Gasteiger partial charge on any atom is -0.488 e. The number of aliphatic hydroxyl groups excluding tert-OH is 1. The van der Waals surface area contributed by atoms with Gasteiger partial charge in [0.15, 0.2) is 0 Å². The molecule has 2 nitrogen and oxygen atoms in total. The van der Waals surface area contributed by atoms with Crippen LogP contribution in [-0.2, 0) is 6.61 Å². The Morgan fingerprint density at radius 1 is 1.50 bits per heavy atom. The van der Waals surface area contributed by atoms with E-state index >= 15 is 0 Å². The van der Waals surface area contributed by atoms with E-state index < -0.39 is 5.82 Å². The molecule has 76 valence electrons. The summed E-state index contributed by atoms with van der Waals surface area (Å²) in [5, 5.41) is 8.81. The highest BCUT2D eigenvalue weighted by atomic mass is 79.9. The van der Waals surface area contributed by atoms with Gasteiger partial charge in [0.05, 0.1) is 6.61 Å². The second-order valence-electron chi connectivity index (χ2n) is 2.76. The van der Waals surface area contributed by atoms with Crippen LogP contribution in [0.3, 0.4) is 0 Å². The number of halogens is 2. The van der Waals surface area contributed by atoms with Crippen LogP contribution < -0.4 is 4.74 Å². The molecule has 0 bridgehead atoms. The van der Waals surface area contributed by atoms with Crippen LogP contribution in [0.1, 0.15) is 5.56 Å². The zero-order valence-corrected chi connectivity index (χ0v) is 9.05. The van der Waals surface area contributed by atoms with Gasteiger partial charge in [-0.25, -0.2) is 4.39 Å². The highest BCUT2D eigenvalue weighted by Gasteiger charge is 2.01. The van der Waals surface area contributed by atoms with Gasteiger partial charge in [-0.2, -0.15) is 0 Å². The van der Waals surface area contributed by atoms with E-state index in [-0.39, 0.29) is 13.2 Å². The van der Waals surface area contributed by atoms with Crippen molar-refractivity contribution in [1.82, 2.24) is 0 Å². The van der Waals surface area contributed by atoms with Crippen molar-refractivity contribution in [3.8, 4) is 5.75 Å². The van der Waals surface area contributed by atoms with Crippen LogP contribution in [0, 0.1) is 5.82 Å². The lowest BCUT2D eigenvalue weighted by molar-refractivity contribution is 0.279. The third-order valence-electron chi connectivity index (χ3n) is 1.51. The van der Waals surface area contributed by atoms with Gasteiger partial charge in [0, 0.05) is 10.5 Å². The summed E-state index contributed by atoms with van der Waals surface area (Å²) in [5.41, 5.74) is 0.486. The molecule has 0 atom stereocenters. The predicted octanol–water partition coefficient (Wildman–Crippen LogP) is 2.61. The van der Waals surface area contributed by atoms with Gasteiger partial charge in [-0.1, -0.05) is 22.5 Å². The molecule has 1 aromatic rings. The topological polar surface area (TPSA) is 29.5 Å². The van der Waals surface area contributed by atoms with Crippen molar-refractivity contribution in [2.45, 2.75) is 6.61 Å². The summed E-state index contributed by atoms with van der Waals surface area (Å²) in [6.07, 6.45) is 0. The number of benzene rings is 1. The summed E-state index contributed by atoms with van der Waals surface area (Å²) >= 11 is 3.12. The average Bonchev–Trinajstić information content (AvgIpc) is 2.14. The molecule has 1 aromatic carbocycles. The Labute approximate surface area is 90.1 Å². The Balaban J connectivity index is 2.76. The molecule has 0 unspecified atom stereocenters. The van der Waals surface area contributed by atoms with E-state index in [2.05, 4.69) is 22.5 Å². The van der Waals surface area contributed by atoms with Gasteiger partial charge in [-0.15, -0.1) is 0 Å². The fourth-order valence-electron chi connectivity index (χ4n) is 0.957. The molecule has 0 aliphatic heterocycles. The summed E-state index contributed by atoms with van der Waals surface area (Å²) in [6, 6.07) is 4.10. The molecule has 0 aliphatic carbocycles. The Morgan fingerprint density at radius 2 is 2.21 bits per heavy atom. The molecule has 14 heavy (non-hydrogen) atoms. The predicted molar refractivity (Wildman–Crippen MR) is 55.9 cm³/mol. The van der Waals surface area contributed by atoms with Gasteiger partial charge in [-0.3, -0.25) is 0 Å². The van der Waals surface area contributed by atoms with Gasteiger partial charge in [0.2, 0.25) is 0 Å². The molecule has 1 rings (SSSR count). The third kappa shape index (κ3) is 3.47. The molecule has 1 N–H and O–H groups in total. The van der Waals surface area contributed by atoms with Gasteiger partial charge in [0.1, 0.15) is 18.2 Å². The molecule has 0 fully saturated rings. The summed E-state index contributed by atoms with van der Waals surface area (Å²) in [6.45, 7) is 3.65. The molecular formula is C10H10BrFO2. The van der Waals surface area contributed by atoms with E-state index in [1.807, 2.05) is 0 Å². The molecule has 0 saturated carbocycles. The van der Waals surface area contributed by atoms with Crippen molar-refractivity contribution in [2.75, 3.05) is 6.61 Å². The van der Waals surface area contributed by atoms with Crippen LogP contribution in [0.15, 0.2) is 29.3 Å². The Hall–Kier alpha value is -0.870. The van der Waals surface area contributed by atoms with Crippen LogP contribution in [-0.4, -0.2) is 11.7 Å². The molecular weight excluding hydrogens is 251 g/mol. The summed E-state index contributed by atoms with van der Waals surface area (Å²) in [5.74, 6) is -0.0404. The monoisotopic (exact) mass is 260 g/mol. The van der Waals surface area contributed by atoms with Crippen molar-refractivity contribution in [3.05, 3.63) is 40.6 Å². The van der Waals surface area contributed by atoms with E-state index in [1.54, 1.807) is 6.07 Å². The number of hydrogen-bond acceptors (Lipinski definition) is 2. The standard InChI is InChI=1S/C10H10BrFO2/c1-7(11)6-14-10-3-8(5-13)2-9(12)4-10/h2-4,13H,1,5-6H2. The zero-order chi connectivity index (χ0) is 10.6. The van der Waals surface area contributed by atoms with E-state index in [4.69, 9.17) is 9.84 Å². The minimum absolute atomic E-state index is 0.205. The van der Waals surface area contributed by atoms with Crippen molar-refractivity contribution in [3.63, 3.8) is 0 Å². The lowest BCUT2D eigenvalue weighted by atomic mass is 10.2. The molecule has 4 heteroatoms. The van der Waals surface area contributed by atoms with Crippen molar-refractivity contribution >= 4 is 15.9 Å². The fourth-order valence-corrected chi connectivity index (χ4v) is 1.07. The van der Waals surface area contributed by atoms with Crippen LogP contribution in [0.5, 0.6) is 5.75 Å². The quantitative estimate of drug-likeness (QED) is 0.902. The van der Waals surface area contributed by atoms with E-state index in [0.717, 1.165) is 0 Å². The first-order chi connectivity index (χ1) is 6.61. The summed E-state index contributed by atoms with van der Waals surface area (Å²) < 4.78 is 18.8. The molecule has 0 amide bonds. The summed E-state index contributed by atoms with van der Waals surface area (Å²) in [4.78, 5) is 0. The molecule has 0 heterocycles. The Kier molecular flexibility index (Phi) is 4.10. The van der Waals surface area contributed by atoms with Crippen molar-refractivity contribution < 1.29 is 14.2 Å². The lowest BCUT2D eigenvalue weighted by Crippen LogP contribution is -1.97. The van der Waals surface area contributed by atoms with Crippen LogP contribution >= 0.6 is 15.9 Å². The molecule has 0 saturated heterocycles. The van der Waals surface area contributed by atoms with Gasteiger partial charge < -0.3 is 9.84 Å². The molecule has 0 spiro atoms. The van der Waals surface area contributed by atoms with E-state index in [1.165, 1.54) is 12.1 Å². The second-order valence-corrected chi connectivity index (χ2v) is 3.88. The zero-order valence-electron chi connectivity index (χ0n) is 7.46. The fraction of sp³-hybridized carbons (Fsp3) is 0.200. The lowest BCUT2D eigenvalue weighted by Gasteiger charge is -2.06. The van der Waals surface area contributed by atoms with Crippen LogP contribution in [0.4, 0.5) is 4.39 Å². The van der Waals surface area contributed by atoms with Gasteiger partial charge in [-0.05, 0) is 17.7 Å². The summed E-state index contributed by atoms with van der Waals surface area (Å²) in [7, 11) is 0. The van der Waals surface area contributed by atoms with Crippen molar-refractivity contribution in [1.29, 1.82) is 0 Å². The minimum atomic E-state index is -0.424. The number of rotatable bonds is 4. The highest BCUT2D eigenvalue weighted by molar-refractivity contribution is 9.11. The van der Waals surface area contributed by atoms with Crippen LogP contribution in [0.25, 0.3) is 0 Å². The Morgan fingerprint density at radius 3 is 2.79 bits per heavy atom. The first kappa shape index (κ1) is 11.2. The largest absolute Gasteiger partial charge is 0.488 e. The normalized spacial score (nSPS) is 9.93. The molecule has 0 radical (unpaired) electrons. The third-order valence-corrected chi connectivity index (χ3v) is 1.74. The van der Waals surface area contributed by atoms with Gasteiger partial charge >= 0.3 is 0 Å². The first-order valence-corrected chi connectivity index (χ1v) is 4.77. The smallest absolute Gasteiger partial charge is 0.127 e. The average molecular weight is 261 g/mol. The van der Waals surface area contributed by atoms with E-state index in [0.29, 0.717) is 15.8 Å². The SMILES string of the molecule is C=C(Br)COc1cc(F)cc(CO)c1.